The highest BCUT2D eigenvalue weighted by molar-refractivity contribution is 7.19. The van der Waals surface area contributed by atoms with Crippen LogP contribution < -0.4 is 5.11 Å². The maximum Gasteiger partial charge on any atom is 0.130 e. The number of nitrogens with zero attached hydrogens (tertiary/aromatic N) is 1. The standard InChI is InChI=1S/C18H14FNO2S/c19-14-6-2-1-5-12(14)11-13(9-10-17(21)22)18-20-15-7-3-4-8-16(15)23-18/h1-8,11H,9-10H2,(H,21,22)/p-1/b13-11+. The molecule has 0 saturated carbocycles. The molecule has 0 saturated heterocycles. The number of halogens is 1. The number of allylic oxidation sites excluding steroid dienone is 1. The molecule has 0 spiro atoms. The molecule has 2 aromatic carbocycles. The van der Waals surface area contributed by atoms with Gasteiger partial charge in [-0.3, -0.25) is 0 Å². The van der Waals surface area contributed by atoms with Crippen molar-refractivity contribution in [1.29, 1.82) is 0 Å². The van der Waals surface area contributed by atoms with Crippen molar-refractivity contribution in [1.82, 2.24) is 4.98 Å². The first-order valence-corrected chi connectivity index (χ1v) is 7.96. The Hall–Kier alpha value is -2.53. The topological polar surface area (TPSA) is 53.0 Å². The molecule has 1 heterocycles. The molecule has 0 radical (unpaired) electrons. The fraction of sp³-hybridized carbons (Fsp3) is 0.111. The quantitative estimate of drug-likeness (QED) is 0.721. The van der Waals surface area contributed by atoms with Gasteiger partial charge in [-0.25, -0.2) is 9.37 Å². The van der Waals surface area contributed by atoms with E-state index in [2.05, 4.69) is 4.98 Å². The Morgan fingerprint density at radius 1 is 1.13 bits per heavy atom. The summed E-state index contributed by atoms with van der Waals surface area (Å²) >= 11 is 1.47. The zero-order valence-corrected chi connectivity index (χ0v) is 13.0. The van der Waals surface area contributed by atoms with Gasteiger partial charge in [0.1, 0.15) is 10.8 Å². The molecule has 0 aliphatic rings. The third-order valence-corrected chi connectivity index (χ3v) is 4.51. The maximum atomic E-state index is 13.9. The number of hydrogen-bond acceptors (Lipinski definition) is 4. The minimum atomic E-state index is -1.13. The Morgan fingerprint density at radius 3 is 2.61 bits per heavy atom. The van der Waals surface area contributed by atoms with Gasteiger partial charge in [0.15, 0.2) is 0 Å². The predicted octanol–water partition coefficient (Wildman–Crippen LogP) is 3.51. The summed E-state index contributed by atoms with van der Waals surface area (Å²) in [7, 11) is 0. The lowest BCUT2D eigenvalue weighted by atomic mass is 10.1. The third kappa shape index (κ3) is 3.63. The summed E-state index contributed by atoms with van der Waals surface area (Å²) in [5.41, 5.74) is 1.96. The minimum Gasteiger partial charge on any atom is -0.550 e. The zero-order chi connectivity index (χ0) is 16.2. The van der Waals surface area contributed by atoms with Crippen LogP contribution in [0.2, 0.25) is 0 Å². The number of thiazole rings is 1. The summed E-state index contributed by atoms with van der Waals surface area (Å²) < 4.78 is 14.9. The highest BCUT2D eigenvalue weighted by Gasteiger charge is 2.10. The Kier molecular flexibility index (Phi) is 4.48. The number of hydrogen-bond donors (Lipinski definition) is 0. The average Bonchev–Trinajstić information content (AvgIpc) is 2.96. The zero-order valence-electron chi connectivity index (χ0n) is 12.2. The number of para-hydroxylation sites is 1. The molecule has 0 atom stereocenters. The van der Waals surface area contributed by atoms with Crippen molar-refractivity contribution in [3.8, 4) is 0 Å². The smallest absolute Gasteiger partial charge is 0.130 e. The van der Waals surface area contributed by atoms with Crippen LogP contribution in [0.3, 0.4) is 0 Å². The number of rotatable bonds is 5. The van der Waals surface area contributed by atoms with Crippen molar-refractivity contribution in [3.05, 3.63) is 64.9 Å². The lowest BCUT2D eigenvalue weighted by Gasteiger charge is -2.06. The van der Waals surface area contributed by atoms with Gasteiger partial charge in [-0.05, 0) is 42.7 Å². The van der Waals surface area contributed by atoms with E-state index < -0.39 is 5.97 Å². The van der Waals surface area contributed by atoms with E-state index in [9.17, 15) is 14.3 Å². The van der Waals surface area contributed by atoms with Gasteiger partial charge in [0, 0.05) is 11.5 Å². The molecule has 3 nitrogen and oxygen atoms in total. The van der Waals surface area contributed by atoms with Crippen molar-refractivity contribution < 1.29 is 14.3 Å². The largest absolute Gasteiger partial charge is 0.550 e. The van der Waals surface area contributed by atoms with Gasteiger partial charge < -0.3 is 9.90 Å². The van der Waals surface area contributed by atoms with E-state index in [1.165, 1.54) is 17.4 Å². The number of carbonyl (C=O) groups excluding carboxylic acids is 1. The lowest BCUT2D eigenvalue weighted by Crippen LogP contribution is -2.21. The molecular formula is C18H13FNO2S-. The Labute approximate surface area is 136 Å². The SMILES string of the molecule is O=C([O-])CC/C(=C\c1ccccc1F)c1nc2ccccc2s1. The second kappa shape index (κ2) is 6.71. The molecule has 0 bridgehead atoms. The van der Waals surface area contributed by atoms with Crippen LogP contribution in [-0.2, 0) is 4.79 Å². The number of carboxylic acids is 1. The number of aromatic nitrogens is 1. The van der Waals surface area contributed by atoms with E-state index in [1.807, 2.05) is 24.3 Å². The van der Waals surface area contributed by atoms with E-state index in [1.54, 1.807) is 24.3 Å². The van der Waals surface area contributed by atoms with Crippen LogP contribution in [0.25, 0.3) is 21.9 Å². The summed E-state index contributed by atoms with van der Waals surface area (Å²) in [6.45, 7) is 0. The molecule has 23 heavy (non-hydrogen) atoms. The van der Waals surface area contributed by atoms with Gasteiger partial charge >= 0.3 is 0 Å². The Morgan fingerprint density at radius 2 is 1.87 bits per heavy atom. The van der Waals surface area contributed by atoms with Crippen LogP contribution in [0.4, 0.5) is 4.39 Å². The van der Waals surface area contributed by atoms with Crippen molar-refractivity contribution in [2.75, 3.05) is 0 Å². The fourth-order valence-corrected chi connectivity index (χ4v) is 3.28. The molecule has 116 valence electrons. The molecular weight excluding hydrogens is 313 g/mol. The van der Waals surface area contributed by atoms with Crippen molar-refractivity contribution in [2.45, 2.75) is 12.8 Å². The van der Waals surface area contributed by atoms with E-state index in [0.717, 1.165) is 10.2 Å². The molecule has 0 aliphatic carbocycles. The second-order valence-corrected chi connectivity index (χ2v) is 6.08. The van der Waals surface area contributed by atoms with Crippen LogP contribution in [0.15, 0.2) is 48.5 Å². The number of aliphatic carboxylic acids is 1. The molecule has 1 aromatic heterocycles. The van der Waals surface area contributed by atoms with E-state index in [-0.39, 0.29) is 18.7 Å². The Balaban J connectivity index is 2.04. The normalized spacial score (nSPS) is 11.8. The van der Waals surface area contributed by atoms with Gasteiger partial charge in [-0.15, -0.1) is 11.3 Å². The second-order valence-electron chi connectivity index (χ2n) is 5.05. The van der Waals surface area contributed by atoms with Crippen LogP contribution in [0.5, 0.6) is 0 Å². The predicted molar refractivity (Wildman–Crippen MR) is 88.1 cm³/mol. The highest BCUT2D eigenvalue weighted by atomic mass is 32.1. The summed E-state index contributed by atoms with van der Waals surface area (Å²) in [6, 6.07) is 14.1. The first-order valence-electron chi connectivity index (χ1n) is 7.14. The molecule has 0 amide bonds. The summed E-state index contributed by atoms with van der Waals surface area (Å²) in [6.07, 6.45) is 1.78. The van der Waals surface area contributed by atoms with Crippen LogP contribution >= 0.6 is 11.3 Å². The van der Waals surface area contributed by atoms with E-state index in [0.29, 0.717) is 16.1 Å². The molecule has 3 rings (SSSR count). The summed E-state index contributed by atoms with van der Waals surface area (Å²) in [4.78, 5) is 15.3. The number of fused-ring (bicyclic) bond motifs is 1. The van der Waals surface area contributed by atoms with E-state index in [4.69, 9.17) is 0 Å². The average molecular weight is 326 g/mol. The van der Waals surface area contributed by atoms with Crippen molar-refractivity contribution in [3.63, 3.8) is 0 Å². The molecule has 0 N–H and O–H groups in total. The fourth-order valence-electron chi connectivity index (χ4n) is 2.27. The minimum absolute atomic E-state index is 0.129. The molecule has 0 unspecified atom stereocenters. The van der Waals surface area contributed by atoms with Crippen LogP contribution in [-0.4, -0.2) is 11.0 Å². The van der Waals surface area contributed by atoms with Crippen molar-refractivity contribution >= 4 is 39.2 Å². The van der Waals surface area contributed by atoms with Crippen molar-refractivity contribution in [2.24, 2.45) is 0 Å². The molecule has 0 aliphatic heterocycles. The Bertz CT molecular complexity index is 852. The number of carboxylic acid groups (broad SMARTS) is 1. The number of carbonyl (C=O) groups is 1. The molecule has 3 aromatic rings. The highest BCUT2D eigenvalue weighted by Crippen LogP contribution is 2.31. The molecule has 0 fully saturated rings. The van der Waals surface area contributed by atoms with Gasteiger partial charge in [0.2, 0.25) is 0 Å². The van der Waals surface area contributed by atoms with Gasteiger partial charge in [0.25, 0.3) is 0 Å². The van der Waals surface area contributed by atoms with E-state index >= 15 is 0 Å². The monoisotopic (exact) mass is 326 g/mol. The van der Waals surface area contributed by atoms with Crippen LogP contribution in [0, 0.1) is 5.82 Å². The van der Waals surface area contributed by atoms with Gasteiger partial charge in [-0.1, -0.05) is 30.3 Å². The molecule has 5 heteroatoms. The summed E-state index contributed by atoms with van der Waals surface area (Å²) in [5.74, 6) is -1.48. The number of benzene rings is 2. The third-order valence-electron chi connectivity index (χ3n) is 3.40. The van der Waals surface area contributed by atoms with Crippen LogP contribution in [0.1, 0.15) is 23.4 Å². The maximum absolute atomic E-state index is 13.9. The van der Waals surface area contributed by atoms with Gasteiger partial charge in [0.05, 0.1) is 10.2 Å². The van der Waals surface area contributed by atoms with Gasteiger partial charge in [-0.2, -0.15) is 0 Å². The first-order chi connectivity index (χ1) is 11.1. The summed E-state index contributed by atoms with van der Waals surface area (Å²) in [5, 5.41) is 11.5. The lowest BCUT2D eigenvalue weighted by molar-refractivity contribution is -0.305. The first kappa shape index (κ1) is 15.4.